The number of hydrogen-bond donors (Lipinski definition) is 0. The van der Waals surface area contributed by atoms with Crippen molar-refractivity contribution < 1.29 is 4.79 Å². The van der Waals surface area contributed by atoms with E-state index in [1.54, 1.807) is 4.90 Å². The van der Waals surface area contributed by atoms with Gasteiger partial charge in [-0.15, -0.1) is 0 Å². The van der Waals surface area contributed by atoms with Crippen LogP contribution in [0.1, 0.15) is 39.0 Å². The summed E-state index contributed by atoms with van der Waals surface area (Å²) in [5.41, 5.74) is 0.719. The Morgan fingerprint density at radius 3 is 2.75 bits per heavy atom. The highest BCUT2D eigenvalue weighted by Gasteiger charge is 2.22. The lowest BCUT2D eigenvalue weighted by Gasteiger charge is -2.23. The Morgan fingerprint density at radius 2 is 2.19 bits per heavy atom. The van der Waals surface area contributed by atoms with E-state index in [-0.39, 0.29) is 12.5 Å². The minimum Gasteiger partial charge on any atom is -0.326 e. The van der Waals surface area contributed by atoms with Gasteiger partial charge in [0.15, 0.2) is 0 Å². The number of amides is 1. The van der Waals surface area contributed by atoms with Crippen LogP contribution in [0.3, 0.4) is 0 Å². The van der Waals surface area contributed by atoms with Crippen molar-refractivity contribution in [3.63, 3.8) is 0 Å². The first-order chi connectivity index (χ1) is 7.70. The van der Waals surface area contributed by atoms with E-state index in [0.717, 1.165) is 37.7 Å². The zero-order valence-corrected chi connectivity index (χ0v) is 10.4. The third kappa shape index (κ3) is 3.24. The van der Waals surface area contributed by atoms with Crippen molar-refractivity contribution in [2.24, 2.45) is 0 Å². The number of nitriles is 1. The lowest BCUT2D eigenvalue weighted by atomic mass is 9.98. The topological polar surface area (TPSA) is 44.1 Å². The molecule has 0 aromatic carbocycles. The zero-order valence-electron chi connectivity index (χ0n) is 9.63. The summed E-state index contributed by atoms with van der Waals surface area (Å²) in [5, 5.41) is 9.37. The minimum absolute atomic E-state index is 0.0481. The molecule has 0 N–H and O–H groups in total. The third-order valence-electron chi connectivity index (χ3n) is 2.70. The summed E-state index contributed by atoms with van der Waals surface area (Å²) < 4.78 is 0. The molecule has 0 aromatic heterocycles. The van der Waals surface area contributed by atoms with E-state index in [2.05, 4.69) is 0 Å². The van der Waals surface area contributed by atoms with Crippen LogP contribution in [0.5, 0.6) is 0 Å². The molecule has 0 fully saturated rings. The predicted molar refractivity (Wildman–Crippen MR) is 63.8 cm³/mol. The molecule has 16 heavy (non-hydrogen) atoms. The molecule has 0 bridgehead atoms. The number of carbonyl (C=O) groups excluding carboxylic acids is 1. The van der Waals surface area contributed by atoms with Crippen molar-refractivity contribution in [2.45, 2.75) is 39.0 Å². The fourth-order valence-corrected chi connectivity index (χ4v) is 2.20. The summed E-state index contributed by atoms with van der Waals surface area (Å²) in [5.74, 6) is -0.0481. The quantitative estimate of drug-likeness (QED) is 0.710. The zero-order chi connectivity index (χ0) is 12.0. The van der Waals surface area contributed by atoms with E-state index in [4.69, 9.17) is 16.9 Å². The molecule has 1 amide bonds. The molecule has 0 aromatic rings. The molecule has 88 valence electrons. The highest BCUT2D eigenvalue weighted by molar-refractivity contribution is 6.32. The molecule has 0 spiro atoms. The molecule has 0 atom stereocenters. The molecule has 0 aliphatic heterocycles. The van der Waals surface area contributed by atoms with Crippen LogP contribution >= 0.6 is 11.6 Å². The van der Waals surface area contributed by atoms with E-state index in [1.807, 2.05) is 13.0 Å². The van der Waals surface area contributed by atoms with E-state index < -0.39 is 0 Å². The maximum Gasteiger partial charge on any atom is 0.251 e. The van der Waals surface area contributed by atoms with Gasteiger partial charge in [0, 0.05) is 17.2 Å². The summed E-state index contributed by atoms with van der Waals surface area (Å²) in [7, 11) is 0. The highest BCUT2D eigenvalue weighted by Crippen LogP contribution is 2.28. The number of carbonyl (C=O) groups is 1. The number of nitrogens with zero attached hydrogens (tertiary/aromatic N) is 2. The van der Waals surface area contributed by atoms with E-state index in [1.165, 1.54) is 0 Å². The van der Waals surface area contributed by atoms with Gasteiger partial charge in [-0.3, -0.25) is 4.79 Å². The predicted octanol–water partition coefficient (Wildman–Crippen LogP) is 2.82. The van der Waals surface area contributed by atoms with Gasteiger partial charge >= 0.3 is 0 Å². The number of allylic oxidation sites excluding steroid dienone is 1. The van der Waals surface area contributed by atoms with Crippen molar-refractivity contribution in [1.82, 2.24) is 4.90 Å². The Kier molecular flexibility index (Phi) is 5.34. The molecule has 0 saturated carbocycles. The molecule has 1 aliphatic rings. The Labute approximate surface area is 102 Å². The Hall–Kier alpha value is -1.01. The first kappa shape index (κ1) is 13.1. The van der Waals surface area contributed by atoms with Gasteiger partial charge in [0.25, 0.3) is 5.91 Å². The summed E-state index contributed by atoms with van der Waals surface area (Å²) in [6.07, 6.45) is 4.49. The van der Waals surface area contributed by atoms with Crippen molar-refractivity contribution >= 4 is 17.5 Å². The highest BCUT2D eigenvalue weighted by atomic mass is 35.5. The van der Waals surface area contributed by atoms with E-state index >= 15 is 0 Å². The first-order valence-electron chi connectivity index (χ1n) is 5.74. The second-order valence-electron chi connectivity index (χ2n) is 3.98. The molecule has 0 heterocycles. The molecule has 0 unspecified atom stereocenters. The van der Waals surface area contributed by atoms with Crippen LogP contribution in [0, 0.1) is 11.3 Å². The lowest BCUT2D eigenvalue weighted by molar-refractivity contribution is -0.126. The maximum absolute atomic E-state index is 12.1. The number of halogens is 1. The van der Waals surface area contributed by atoms with E-state index in [9.17, 15) is 4.79 Å². The van der Waals surface area contributed by atoms with E-state index in [0.29, 0.717) is 11.6 Å². The fourth-order valence-electron chi connectivity index (χ4n) is 1.89. The average molecular weight is 241 g/mol. The normalized spacial score (nSPS) is 15.8. The molecule has 1 aliphatic carbocycles. The third-order valence-corrected chi connectivity index (χ3v) is 3.12. The fraction of sp³-hybridized carbons (Fsp3) is 0.667. The van der Waals surface area contributed by atoms with Crippen LogP contribution in [-0.2, 0) is 4.79 Å². The van der Waals surface area contributed by atoms with Crippen molar-refractivity contribution in [3.05, 3.63) is 10.6 Å². The smallest absolute Gasteiger partial charge is 0.251 e. The van der Waals surface area contributed by atoms with Gasteiger partial charge in [-0.1, -0.05) is 18.5 Å². The van der Waals surface area contributed by atoms with Crippen molar-refractivity contribution in [2.75, 3.05) is 13.1 Å². The summed E-state index contributed by atoms with van der Waals surface area (Å²) in [4.78, 5) is 13.7. The molecule has 1 rings (SSSR count). The standard InChI is InChI=1S/C12H17ClN2O/c1-2-8-15(9-7-14)12(16)10-5-3-4-6-11(10)13/h2-6,8-9H2,1H3. The minimum atomic E-state index is -0.0481. The van der Waals surface area contributed by atoms with Crippen LogP contribution in [0.2, 0.25) is 0 Å². The van der Waals surface area contributed by atoms with Crippen molar-refractivity contribution in [1.29, 1.82) is 5.26 Å². The SMILES string of the molecule is CCCN(CC#N)C(=O)C1=C(Cl)CCCC1. The van der Waals surface area contributed by atoms with Gasteiger partial charge in [-0.05, 0) is 32.1 Å². The number of rotatable bonds is 4. The molecule has 0 saturated heterocycles. The first-order valence-corrected chi connectivity index (χ1v) is 6.12. The second-order valence-corrected chi connectivity index (χ2v) is 4.43. The van der Waals surface area contributed by atoms with Crippen LogP contribution in [0.25, 0.3) is 0 Å². The lowest BCUT2D eigenvalue weighted by Crippen LogP contribution is -2.34. The molecule has 3 nitrogen and oxygen atoms in total. The Morgan fingerprint density at radius 1 is 1.50 bits per heavy atom. The van der Waals surface area contributed by atoms with Gasteiger partial charge in [0.05, 0.1) is 6.07 Å². The summed E-state index contributed by atoms with van der Waals surface area (Å²) >= 11 is 6.07. The largest absolute Gasteiger partial charge is 0.326 e. The Balaban J connectivity index is 2.77. The molecule has 4 heteroatoms. The van der Waals surface area contributed by atoms with Gasteiger partial charge in [0.1, 0.15) is 6.54 Å². The van der Waals surface area contributed by atoms with Crippen LogP contribution in [0.15, 0.2) is 10.6 Å². The summed E-state index contributed by atoms with van der Waals surface area (Å²) in [6.45, 7) is 2.77. The van der Waals surface area contributed by atoms with Crippen LogP contribution in [0.4, 0.5) is 0 Å². The number of hydrogen-bond acceptors (Lipinski definition) is 2. The second kappa shape index (κ2) is 6.55. The molecular weight excluding hydrogens is 224 g/mol. The van der Waals surface area contributed by atoms with Gasteiger partial charge < -0.3 is 4.90 Å². The molecule has 0 radical (unpaired) electrons. The van der Waals surface area contributed by atoms with Crippen molar-refractivity contribution in [3.8, 4) is 6.07 Å². The van der Waals surface area contributed by atoms with Gasteiger partial charge in [0.2, 0.25) is 0 Å². The average Bonchev–Trinajstić information content (AvgIpc) is 2.28. The summed E-state index contributed by atoms with van der Waals surface area (Å²) in [6, 6.07) is 2.03. The maximum atomic E-state index is 12.1. The van der Waals surface area contributed by atoms with Gasteiger partial charge in [-0.25, -0.2) is 0 Å². The molecular formula is C12H17ClN2O. The monoisotopic (exact) mass is 240 g/mol. The van der Waals surface area contributed by atoms with Gasteiger partial charge in [-0.2, -0.15) is 5.26 Å². The van der Waals surface area contributed by atoms with Crippen LogP contribution < -0.4 is 0 Å². The van der Waals surface area contributed by atoms with Crippen LogP contribution in [-0.4, -0.2) is 23.9 Å². The Bertz CT molecular complexity index is 330.